The number of para-hydroxylation sites is 2. The van der Waals surface area contributed by atoms with Crippen LogP contribution in [0.5, 0.6) is 0 Å². The van der Waals surface area contributed by atoms with Crippen molar-refractivity contribution in [2.75, 3.05) is 25.0 Å². The number of nitrogens with two attached hydrogens (primary N) is 1. The molecule has 3 N–H and O–H groups in total. The molecule has 0 radical (unpaired) electrons. The van der Waals surface area contributed by atoms with Crippen LogP contribution in [0.1, 0.15) is 0 Å². The first-order valence-corrected chi connectivity index (χ1v) is 6.65. The summed E-state index contributed by atoms with van der Waals surface area (Å²) in [6, 6.07) is 20.3. The van der Waals surface area contributed by atoms with Crippen molar-refractivity contribution in [3.63, 3.8) is 0 Å². The van der Waals surface area contributed by atoms with E-state index in [1.165, 1.54) is 0 Å². The van der Waals surface area contributed by atoms with E-state index in [1.807, 2.05) is 48.8 Å². The minimum absolute atomic E-state index is 0.356. The molecule has 0 fully saturated rings. The van der Waals surface area contributed by atoms with Gasteiger partial charge >= 0.3 is 0 Å². The fraction of sp³-hybridized carbons (Fsp3) is 0.250. The maximum atomic E-state index is 10.1. The number of rotatable bonds is 6. The predicted molar refractivity (Wildman–Crippen MR) is 78.6 cm³/mol. The van der Waals surface area contributed by atoms with Gasteiger partial charge in [0.2, 0.25) is 0 Å². The van der Waals surface area contributed by atoms with Gasteiger partial charge < -0.3 is 15.3 Å². The molecule has 0 heterocycles. The number of aliphatic hydroxyl groups is 1. The van der Waals surface area contributed by atoms with Crippen molar-refractivity contribution in [3.05, 3.63) is 60.7 Å². The highest BCUT2D eigenvalue weighted by atomic mass is 16.3. The zero-order valence-corrected chi connectivity index (χ0v) is 11.2. The van der Waals surface area contributed by atoms with Gasteiger partial charge in [-0.15, -0.1) is 0 Å². The molecule has 0 spiro atoms. The summed E-state index contributed by atoms with van der Waals surface area (Å²) in [6.07, 6.45) is -0.356. The van der Waals surface area contributed by atoms with E-state index in [9.17, 15) is 5.11 Å². The van der Waals surface area contributed by atoms with E-state index in [0.717, 1.165) is 11.4 Å². The van der Waals surface area contributed by atoms with Gasteiger partial charge in [0, 0.05) is 11.4 Å². The Bertz CT molecular complexity index is 433. The molecule has 0 aromatic heterocycles. The van der Waals surface area contributed by atoms with Crippen LogP contribution in [0, 0.1) is 0 Å². The third-order valence-corrected chi connectivity index (χ3v) is 3.04. The van der Waals surface area contributed by atoms with Crippen LogP contribution < -0.4 is 10.2 Å². The summed E-state index contributed by atoms with van der Waals surface area (Å²) in [5.74, 6) is 0. The van der Waals surface area contributed by atoms with Gasteiger partial charge in [0.1, 0.15) is 12.6 Å². The van der Waals surface area contributed by atoms with Gasteiger partial charge in [-0.3, -0.25) is 0 Å². The lowest BCUT2D eigenvalue weighted by Gasteiger charge is -2.26. The van der Waals surface area contributed by atoms with Crippen LogP contribution in [0.25, 0.3) is 0 Å². The van der Waals surface area contributed by atoms with Gasteiger partial charge in [-0.2, -0.15) is 0 Å². The van der Waals surface area contributed by atoms with Crippen molar-refractivity contribution in [1.82, 2.24) is 0 Å². The van der Waals surface area contributed by atoms with Gasteiger partial charge in [-0.25, -0.2) is 0 Å². The van der Waals surface area contributed by atoms with Gasteiger partial charge in [0.15, 0.2) is 0 Å². The molecule has 0 aliphatic heterocycles. The smallest absolute Gasteiger partial charge is 0.121 e. The fourth-order valence-corrected chi connectivity index (χ4v) is 2.13. The number of benzene rings is 2. The Hall–Kier alpha value is -1.84. The molecule has 0 aliphatic rings. The molecular formula is C16H21N2O+. The minimum Gasteiger partial charge on any atom is -0.385 e. The molecule has 0 amide bonds. The number of aliphatic hydroxyl groups excluding tert-OH is 1. The lowest BCUT2D eigenvalue weighted by Crippen LogP contribution is -2.82. The van der Waals surface area contributed by atoms with Crippen molar-refractivity contribution in [1.29, 1.82) is 0 Å². The average molecular weight is 257 g/mol. The molecule has 3 heteroatoms. The van der Waals surface area contributed by atoms with Gasteiger partial charge in [0.25, 0.3) is 0 Å². The van der Waals surface area contributed by atoms with E-state index in [1.54, 1.807) is 0 Å². The van der Waals surface area contributed by atoms with Crippen LogP contribution in [-0.4, -0.2) is 31.3 Å². The Morgan fingerprint density at radius 2 is 1.42 bits per heavy atom. The molecular weight excluding hydrogens is 236 g/mol. The number of likely N-dealkylation sites (N-methyl/N-ethyl adjacent to an activating group) is 1. The maximum absolute atomic E-state index is 10.1. The number of hydrogen-bond acceptors (Lipinski definition) is 2. The Morgan fingerprint density at radius 1 is 0.947 bits per heavy atom. The van der Waals surface area contributed by atoms with Crippen LogP contribution in [0.2, 0.25) is 0 Å². The summed E-state index contributed by atoms with van der Waals surface area (Å²) in [7, 11) is 1.97. The minimum atomic E-state index is -0.356. The number of nitrogens with zero attached hydrogens (tertiary/aromatic N) is 1. The zero-order valence-electron chi connectivity index (χ0n) is 11.2. The second-order valence-corrected chi connectivity index (χ2v) is 4.58. The molecule has 0 unspecified atom stereocenters. The lowest BCUT2D eigenvalue weighted by atomic mass is 10.2. The Kier molecular flexibility index (Phi) is 4.95. The summed E-state index contributed by atoms with van der Waals surface area (Å²) in [6.45, 7) is 1.30. The van der Waals surface area contributed by atoms with Gasteiger partial charge in [0.05, 0.1) is 13.6 Å². The highest BCUT2D eigenvalue weighted by molar-refractivity contribution is 5.62. The van der Waals surface area contributed by atoms with E-state index in [2.05, 4.69) is 29.2 Å². The average Bonchev–Trinajstić information content (AvgIpc) is 2.47. The van der Waals surface area contributed by atoms with Crippen molar-refractivity contribution in [2.45, 2.75) is 6.10 Å². The summed E-state index contributed by atoms with van der Waals surface area (Å²) >= 11 is 0. The molecule has 100 valence electrons. The summed E-state index contributed by atoms with van der Waals surface area (Å²) in [4.78, 5) is 2.15. The standard InChI is InChI=1S/C16H20N2O/c1-17-12-16(19)13-18(14-8-4-2-5-9-14)15-10-6-3-7-11-15/h2-11,16-17,19H,12-13H2,1H3/p+1/t16-/m0/s1. The quantitative estimate of drug-likeness (QED) is 0.821. The Balaban J connectivity index is 2.24. The molecule has 0 aliphatic carbocycles. The molecule has 0 saturated heterocycles. The van der Waals surface area contributed by atoms with Crippen LogP contribution >= 0.6 is 0 Å². The van der Waals surface area contributed by atoms with Crippen molar-refractivity contribution in [3.8, 4) is 0 Å². The SMILES string of the molecule is C[NH2+]C[C@H](O)CN(c1ccccc1)c1ccccc1. The number of quaternary nitrogens is 1. The monoisotopic (exact) mass is 257 g/mol. The topological polar surface area (TPSA) is 40.1 Å². The van der Waals surface area contributed by atoms with Crippen LogP contribution in [0.4, 0.5) is 11.4 Å². The summed E-state index contributed by atoms with van der Waals surface area (Å²) in [5.41, 5.74) is 2.20. The normalized spacial score (nSPS) is 12.1. The van der Waals surface area contributed by atoms with Crippen molar-refractivity contribution >= 4 is 11.4 Å². The van der Waals surface area contributed by atoms with Crippen LogP contribution in [-0.2, 0) is 0 Å². The molecule has 3 nitrogen and oxygen atoms in total. The number of hydrogen-bond donors (Lipinski definition) is 2. The van der Waals surface area contributed by atoms with E-state index in [0.29, 0.717) is 13.1 Å². The molecule has 0 bridgehead atoms. The predicted octanol–water partition coefficient (Wildman–Crippen LogP) is 1.38. The highest BCUT2D eigenvalue weighted by Gasteiger charge is 2.14. The van der Waals surface area contributed by atoms with E-state index >= 15 is 0 Å². The van der Waals surface area contributed by atoms with Crippen LogP contribution in [0.15, 0.2) is 60.7 Å². The first-order chi connectivity index (χ1) is 9.31. The maximum Gasteiger partial charge on any atom is 0.121 e. The fourth-order valence-electron chi connectivity index (χ4n) is 2.13. The van der Waals surface area contributed by atoms with E-state index in [4.69, 9.17) is 0 Å². The highest BCUT2D eigenvalue weighted by Crippen LogP contribution is 2.24. The van der Waals surface area contributed by atoms with Gasteiger partial charge in [-0.05, 0) is 24.3 Å². The molecule has 19 heavy (non-hydrogen) atoms. The third kappa shape index (κ3) is 3.81. The Morgan fingerprint density at radius 3 is 1.84 bits per heavy atom. The van der Waals surface area contributed by atoms with Crippen LogP contribution in [0.3, 0.4) is 0 Å². The molecule has 0 saturated carbocycles. The second-order valence-electron chi connectivity index (χ2n) is 4.58. The van der Waals surface area contributed by atoms with Gasteiger partial charge in [-0.1, -0.05) is 36.4 Å². The lowest BCUT2D eigenvalue weighted by molar-refractivity contribution is -0.633. The Labute approximate surface area is 114 Å². The summed E-state index contributed by atoms with van der Waals surface area (Å²) in [5, 5.41) is 12.1. The second kappa shape index (κ2) is 6.92. The molecule has 2 rings (SSSR count). The first-order valence-electron chi connectivity index (χ1n) is 6.65. The first kappa shape index (κ1) is 13.6. The van der Waals surface area contributed by atoms with Crippen molar-refractivity contribution < 1.29 is 10.4 Å². The molecule has 1 atom stereocenters. The van der Waals surface area contributed by atoms with Crippen molar-refractivity contribution in [2.24, 2.45) is 0 Å². The zero-order chi connectivity index (χ0) is 13.5. The molecule has 2 aromatic carbocycles. The molecule has 2 aromatic rings. The summed E-state index contributed by atoms with van der Waals surface area (Å²) < 4.78 is 0. The van der Waals surface area contributed by atoms with E-state index in [-0.39, 0.29) is 6.10 Å². The number of anilines is 2. The largest absolute Gasteiger partial charge is 0.385 e. The van der Waals surface area contributed by atoms with E-state index < -0.39 is 0 Å². The third-order valence-electron chi connectivity index (χ3n) is 3.04.